The lowest BCUT2D eigenvalue weighted by Crippen LogP contribution is -2.44. The Bertz CT molecular complexity index is 965. The summed E-state index contributed by atoms with van der Waals surface area (Å²) in [7, 11) is -0.108. The molecule has 29 heavy (non-hydrogen) atoms. The largest absolute Gasteiger partial charge is 0.468 e. The Morgan fingerprint density at radius 2 is 1.90 bits per heavy atom. The fraction of sp³-hybridized carbons (Fsp3) is 0.333. The molecule has 0 radical (unpaired) electrons. The highest BCUT2D eigenvalue weighted by molar-refractivity contribution is 8.01. The van der Waals surface area contributed by atoms with Crippen LogP contribution in [0.5, 0.6) is 0 Å². The average molecular weight is 464 g/mol. The van der Waals surface area contributed by atoms with Gasteiger partial charge in [-0.1, -0.05) is 23.1 Å². The Morgan fingerprint density at radius 3 is 2.48 bits per heavy atom. The highest BCUT2D eigenvalue weighted by Crippen LogP contribution is 2.26. The minimum absolute atomic E-state index is 0.0402. The monoisotopic (exact) mass is 463 g/mol. The molecule has 2 rings (SSSR count). The third kappa shape index (κ3) is 6.35. The number of amides is 1. The van der Waals surface area contributed by atoms with Crippen molar-refractivity contribution in [2.24, 2.45) is 0 Å². The van der Waals surface area contributed by atoms with Gasteiger partial charge in [-0.2, -0.15) is 12.7 Å². The Hall–Kier alpha value is -2.29. The van der Waals surface area contributed by atoms with E-state index in [0.717, 1.165) is 43.8 Å². The number of halogens is 1. The number of carbonyl (C=O) groups is 2. The molecule has 1 aromatic carbocycles. The zero-order valence-corrected chi connectivity index (χ0v) is 18.1. The van der Waals surface area contributed by atoms with Gasteiger partial charge in [-0.15, -0.1) is 10.2 Å². The first-order chi connectivity index (χ1) is 13.6. The second kappa shape index (κ2) is 9.96. The van der Waals surface area contributed by atoms with Gasteiger partial charge in [-0.25, -0.2) is 8.70 Å². The van der Waals surface area contributed by atoms with E-state index in [0.29, 0.717) is 4.34 Å². The number of esters is 1. The Morgan fingerprint density at radius 1 is 1.24 bits per heavy atom. The fourth-order valence-corrected chi connectivity index (χ4v) is 4.56. The highest BCUT2D eigenvalue weighted by Gasteiger charge is 2.27. The van der Waals surface area contributed by atoms with E-state index in [1.165, 1.54) is 33.3 Å². The molecule has 0 saturated carbocycles. The van der Waals surface area contributed by atoms with E-state index in [1.54, 1.807) is 0 Å². The molecule has 1 N–H and O–H groups in total. The molecule has 1 heterocycles. The summed E-state index contributed by atoms with van der Waals surface area (Å²) in [5.74, 6) is -1.59. The van der Waals surface area contributed by atoms with Crippen LogP contribution in [0.3, 0.4) is 0 Å². The van der Waals surface area contributed by atoms with Gasteiger partial charge in [0.1, 0.15) is 12.4 Å². The molecule has 0 spiro atoms. The van der Waals surface area contributed by atoms with Crippen LogP contribution in [0, 0.1) is 5.82 Å². The van der Waals surface area contributed by atoms with Gasteiger partial charge in [0.15, 0.2) is 4.34 Å². The third-order valence-electron chi connectivity index (χ3n) is 3.34. The minimum Gasteiger partial charge on any atom is -0.468 e. The smallest absolute Gasteiger partial charge is 0.316 e. The average Bonchev–Trinajstić information content (AvgIpc) is 3.12. The molecule has 0 aliphatic carbocycles. The van der Waals surface area contributed by atoms with Crippen molar-refractivity contribution in [2.45, 2.75) is 4.34 Å². The van der Waals surface area contributed by atoms with Gasteiger partial charge in [-0.3, -0.25) is 14.9 Å². The molecule has 0 unspecified atom stereocenters. The first kappa shape index (κ1) is 23.0. The molecule has 1 aromatic heterocycles. The summed E-state index contributed by atoms with van der Waals surface area (Å²) in [5, 5.41) is 10.2. The van der Waals surface area contributed by atoms with Crippen LogP contribution in [0.1, 0.15) is 0 Å². The van der Waals surface area contributed by atoms with Gasteiger partial charge < -0.3 is 4.74 Å². The number of aromatic nitrogens is 2. The molecule has 0 bridgehead atoms. The van der Waals surface area contributed by atoms with Crippen LogP contribution < -0.4 is 9.62 Å². The number of ether oxygens (including phenoxy) is 1. The Labute approximate surface area is 175 Å². The topological polar surface area (TPSA) is 122 Å². The first-order valence-corrected chi connectivity index (χ1v) is 11.1. The number of carbonyl (C=O) groups excluding carboxylic acids is 2. The van der Waals surface area contributed by atoms with Crippen molar-refractivity contribution in [3.8, 4) is 0 Å². The van der Waals surface area contributed by atoms with Gasteiger partial charge in [0.05, 0.1) is 18.6 Å². The van der Waals surface area contributed by atoms with E-state index in [-0.39, 0.29) is 16.6 Å². The molecule has 0 saturated heterocycles. The Kier molecular flexibility index (Phi) is 7.89. The Balaban J connectivity index is 2.11. The van der Waals surface area contributed by atoms with E-state index < -0.39 is 34.4 Å². The molecule has 10 nitrogen and oxygen atoms in total. The van der Waals surface area contributed by atoms with Crippen LogP contribution in [-0.2, 0) is 24.5 Å². The van der Waals surface area contributed by atoms with Gasteiger partial charge in [0.25, 0.3) is 0 Å². The predicted octanol–water partition coefficient (Wildman–Crippen LogP) is 1.19. The number of nitrogens with zero attached hydrogens (tertiary/aromatic N) is 4. The number of anilines is 2. The third-order valence-corrected chi connectivity index (χ3v) is 7.10. The van der Waals surface area contributed by atoms with Crippen LogP contribution in [0.4, 0.5) is 15.2 Å². The molecular formula is C15H18FN5O5S3. The minimum atomic E-state index is -4.01. The molecule has 0 aliphatic heterocycles. The number of benzene rings is 1. The van der Waals surface area contributed by atoms with Crippen molar-refractivity contribution in [3.63, 3.8) is 0 Å². The molecule has 0 aliphatic rings. The van der Waals surface area contributed by atoms with E-state index >= 15 is 0 Å². The summed E-state index contributed by atoms with van der Waals surface area (Å²) in [4.78, 5) is 23.6. The number of nitrogens with one attached hydrogen (secondary N) is 1. The van der Waals surface area contributed by atoms with Crippen molar-refractivity contribution < 1.29 is 27.1 Å². The normalized spacial score (nSPS) is 11.3. The number of hydrogen-bond donors (Lipinski definition) is 1. The number of hydrogen-bond acceptors (Lipinski definition) is 9. The SMILES string of the molecule is COC(=O)CSc1nnc(NC(=O)CN(c2ccc(F)cc2)S(=O)(=O)N(C)C)s1. The fourth-order valence-electron chi connectivity index (χ4n) is 1.90. The van der Waals surface area contributed by atoms with Crippen LogP contribution >= 0.6 is 23.1 Å². The van der Waals surface area contributed by atoms with Crippen molar-refractivity contribution in [2.75, 3.05) is 43.1 Å². The zero-order valence-electron chi connectivity index (χ0n) is 15.7. The van der Waals surface area contributed by atoms with Crippen molar-refractivity contribution in [1.82, 2.24) is 14.5 Å². The lowest BCUT2D eigenvalue weighted by atomic mass is 10.3. The van der Waals surface area contributed by atoms with Crippen LogP contribution in [0.2, 0.25) is 0 Å². The maximum Gasteiger partial charge on any atom is 0.316 e. The first-order valence-electron chi connectivity index (χ1n) is 7.92. The highest BCUT2D eigenvalue weighted by atomic mass is 32.2. The summed E-state index contributed by atoms with van der Waals surface area (Å²) >= 11 is 2.12. The van der Waals surface area contributed by atoms with Crippen LogP contribution in [0.25, 0.3) is 0 Å². The standard InChI is InChI=1S/C15H18FN5O5S3/c1-20(2)29(24,25)21(11-6-4-10(16)5-7-11)8-12(22)17-14-18-19-15(28-14)27-9-13(23)26-3/h4-7H,8-9H2,1-3H3,(H,17,18,22). The second-order valence-corrected chi connectivity index (χ2v) is 9.83. The zero-order chi connectivity index (χ0) is 21.6. The van der Waals surface area contributed by atoms with E-state index in [9.17, 15) is 22.4 Å². The summed E-state index contributed by atoms with van der Waals surface area (Å²) in [6.07, 6.45) is 0. The summed E-state index contributed by atoms with van der Waals surface area (Å²) in [5.41, 5.74) is 0.127. The molecule has 158 valence electrons. The lowest BCUT2D eigenvalue weighted by Gasteiger charge is -2.26. The molecule has 1 amide bonds. The number of rotatable bonds is 9. The van der Waals surface area contributed by atoms with Crippen molar-refractivity contribution >= 4 is 56.0 Å². The maximum atomic E-state index is 13.2. The quantitative estimate of drug-likeness (QED) is 0.334. The van der Waals surface area contributed by atoms with Crippen LogP contribution in [-0.4, -0.2) is 68.3 Å². The second-order valence-electron chi connectivity index (χ2n) is 5.56. The van der Waals surface area contributed by atoms with E-state index in [2.05, 4.69) is 20.3 Å². The van der Waals surface area contributed by atoms with Crippen molar-refractivity contribution in [3.05, 3.63) is 30.1 Å². The molecule has 14 heteroatoms. The molecular weight excluding hydrogens is 445 g/mol. The number of methoxy groups -OCH3 is 1. The van der Waals surface area contributed by atoms with E-state index in [1.807, 2.05) is 0 Å². The van der Waals surface area contributed by atoms with Crippen molar-refractivity contribution in [1.29, 1.82) is 0 Å². The predicted molar refractivity (Wildman–Crippen MR) is 108 cm³/mol. The van der Waals surface area contributed by atoms with Gasteiger partial charge in [0.2, 0.25) is 11.0 Å². The van der Waals surface area contributed by atoms with Gasteiger partial charge in [0, 0.05) is 14.1 Å². The summed E-state index contributed by atoms with van der Waals surface area (Å²) in [6, 6.07) is 4.72. The summed E-state index contributed by atoms with van der Waals surface area (Å²) in [6.45, 7) is -0.559. The maximum absolute atomic E-state index is 13.2. The van der Waals surface area contributed by atoms with Crippen LogP contribution in [0.15, 0.2) is 28.6 Å². The van der Waals surface area contributed by atoms with Gasteiger partial charge >= 0.3 is 16.2 Å². The van der Waals surface area contributed by atoms with Gasteiger partial charge in [-0.05, 0) is 24.3 Å². The van der Waals surface area contributed by atoms with E-state index in [4.69, 9.17) is 0 Å². The summed E-state index contributed by atoms with van der Waals surface area (Å²) < 4.78 is 45.1. The molecule has 0 fully saturated rings. The molecule has 0 atom stereocenters. The molecule has 2 aromatic rings. The lowest BCUT2D eigenvalue weighted by molar-refractivity contribution is -0.137. The number of thioether (sulfide) groups is 1.